The fourth-order valence-electron chi connectivity index (χ4n) is 2.17. The van der Waals surface area contributed by atoms with Crippen LogP contribution in [0.1, 0.15) is 11.3 Å². The van der Waals surface area contributed by atoms with Gasteiger partial charge >= 0.3 is 0 Å². The van der Waals surface area contributed by atoms with Gasteiger partial charge in [-0.15, -0.1) is 11.3 Å². The van der Waals surface area contributed by atoms with Crippen molar-refractivity contribution in [2.24, 2.45) is 0 Å². The van der Waals surface area contributed by atoms with Crippen LogP contribution in [0.2, 0.25) is 0 Å². The standard InChI is InChI=1S/C13H14N2O3S/c16-11-8-9(13(17)14-11)7-10-1-2-12(19-10)15-3-5-18-6-4-15/h1-2,7H,3-6,8H2,(H,14,16,17). The van der Waals surface area contributed by atoms with Crippen LogP contribution in [0.25, 0.3) is 6.08 Å². The molecule has 2 saturated heterocycles. The zero-order valence-electron chi connectivity index (χ0n) is 10.3. The smallest absolute Gasteiger partial charge is 0.254 e. The molecule has 3 rings (SSSR count). The van der Waals surface area contributed by atoms with Crippen molar-refractivity contribution in [3.63, 3.8) is 0 Å². The summed E-state index contributed by atoms with van der Waals surface area (Å²) < 4.78 is 5.32. The Bertz CT molecular complexity index is 544. The first kappa shape index (κ1) is 12.4. The Balaban J connectivity index is 1.76. The number of thiophene rings is 1. The van der Waals surface area contributed by atoms with Crippen molar-refractivity contribution in [3.8, 4) is 0 Å². The first-order valence-electron chi connectivity index (χ1n) is 6.20. The molecular formula is C13H14N2O3S. The number of carbonyl (C=O) groups is 2. The van der Waals surface area contributed by atoms with Gasteiger partial charge in [-0.05, 0) is 18.2 Å². The molecule has 1 aromatic heterocycles. The van der Waals surface area contributed by atoms with E-state index in [0.717, 1.165) is 31.2 Å². The molecule has 2 fully saturated rings. The van der Waals surface area contributed by atoms with Crippen LogP contribution in [0.15, 0.2) is 17.7 Å². The first-order chi connectivity index (χ1) is 9.22. The summed E-state index contributed by atoms with van der Waals surface area (Å²) in [7, 11) is 0. The molecule has 0 unspecified atom stereocenters. The molecule has 0 saturated carbocycles. The van der Waals surface area contributed by atoms with Crippen LogP contribution in [0.3, 0.4) is 0 Å². The van der Waals surface area contributed by atoms with Crippen molar-refractivity contribution in [1.29, 1.82) is 0 Å². The quantitative estimate of drug-likeness (QED) is 0.648. The molecule has 1 N–H and O–H groups in total. The van der Waals surface area contributed by atoms with Crippen LogP contribution in [-0.4, -0.2) is 38.1 Å². The third kappa shape index (κ3) is 2.69. The summed E-state index contributed by atoms with van der Waals surface area (Å²) in [4.78, 5) is 25.9. The topological polar surface area (TPSA) is 58.6 Å². The summed E-state index contributed by atoms with van der Waals surface area (Å²) >= 11 is 1.63. The van der Waals surface area contributed by atoms with E-state index in [9.17, 15) is 9.59 Å². The summed E-state index contributed by atoms with van der Waals surface area (Å²) in [5.41, 5.74) is 0.542. The van der Waals surface area contributed by atoms with Gasteiger partial charge in [0.1, 0.15) is 0 Å². The fraction of sp³-hybridized carbons (Fsp3) is 0.385. The first-order valence-corrected chi connectivity index (χ1v) is 7.01. The van der Waals surface area contributed by atoms with Gasteiger partial charge in [0.05, 0.1) is 24.6 Å². The van der Waals surface area contributed by atoms with E-state index in [1.807, 2.05) is 6.07 Å². The number of nitrogens with one attached hydrogen (secondary N) is 1. The monoisotopic (exact) mass is 278 g/mol. The zero-order valence-corrected chi connectivity index (χ0v) is 11.2. The second-order valence-corrected chi connectivity index (χ2v) is 5.59. The lowest BCUT2D eigenvalue weighted by Crippen LogP contribution is -2.35. The van der Waals surface area contributed by atoms with Gasteiger partial charge in [0.15, 0.2) is 0 Å². The summed E-state index contributed by atoms with van der Waals surface area (Å²) in [6.45, 7) is 3.31. The van der Waals surface area contributed by atoms with Crippen molar-refractivity contribution >= 4 is 34.2 Å². The van der Waals surface area contributed by atoms with Gasteiger partial charge in [0.25, 0.3) is 5.91 Å². The molecule has 2 aliphatic heterocycles. The lowest BCUT2D eigenvalue weighted by molar-refractivity contribution is -0.124. The van der Waals surface area contributed by atoms with Gasteiger partial charge in [0.2, 0.25) is 5.91 Å². The third-order valence-electron chi connectivity index (χ3n) is 3.15. The Morgan fingerprint density at radius 1 is 1.26 bits per heavy atom. The summed E-state index contributed by atoms with van der Waals surface area (Å²) in [5, 5.41) is 3.47. The number of rotatable bonds is 2. The Kier molecular flexibility index (Phi) is 3.35. The zero-order chi connectivity index (χ0) is 13.2. The minimum Gasteiger partial charge on any atom is -0.378 e. The molecule has 19 heavy (non-hydrogen) atoms. The van der Waals surface area contributed by atoms with E-state index in [4.69, 9.17) is 4.74 Å². The van der Waals surface area contributed by atoms with Gasteiger partial charge in [-0.1, -0.05) is 0 Å². The van der Waals surface area contributed by atoms with Gasteiger partial charge in [-0.3, -0.25) is 14.9 Å². The molecule has 6 heteroatoms. The number of ether oxygens (including phenoxy) is 1. The van der Waals surface area contributed by atoms with Crippen LogP contribution in [0.5, 0.6) is 0 Å². The van der Waals surface area contributed by atoms with Crippen molar-refractivity contribution in [2.45, 2.75) is 6.42 Å². The molecule has 3 heterocycles. The molecule has 1 aromatic rings. The Labute approximate surface area is 114 Å². The van der Waals surface area contributed by atoms with E-state index in [1.54, 1.807) is 17.4 Å². The molecule has 2 aliphatic rings. The van der Waals surface area contributed by atoms with E-state index in [2.05, 4.69) is 16.3 Å². The normalized spacial score (nSPS) is 22.1. The second kappa shape index (κ2) is 5.14. The number of amides is 2. The van der Waals surface area contributed by atoms with Crippen molar-refractivity contribution in [2.75, 3.05) is 31.2 Å². The molecule has 0 bridgehead atoms. The summed E-state index contributed by atoms with van der Waals surface area (Å²) in [6.07, 6.45) is 1.98. The van der Waals surface area contributed by atoms with E-state index >= 15 is 0 Å². The minimum atomic E-state index is -0.272. The third-order valence-corrected chi connectivity index (χ3v) is 4.24. The number of hydrogen-bond acceptors (Lipinski definition) is 5. The van der Waals surface area contributed by atoms with E-state index in [1.165, 1.54) is 5.00 Å². The highest BCUT2D eigenvalue weighted by Crippen LogP contribution is 2.29. The highest BCUT2D eigenvalue weighted by Gasteiger charge is 2.24. The lowest BCUT2D eigenvalue weighted by Gasteiger charge is -2.27. The molecule has 0 aliphatic carbocycles. The molecule has 0 atom stereocenters. The van der Waals surface area contributed by atoms with Gasteiger partial charge in [-0.25, -0.2) is 0 Å². The maximum absolute atomic E-state index is 11.5. The van der Waals surface area contributed by atoms with Crippen LogP contribution in [-0.2, 0) is 14.3 Å². The molecule has 2 amide bonds. The van der Waals surface area contributed by atoms with Gasteiger partial charge in [0, 0.05) is 23.5 Å². The fourth-order valence-corrected chi connectivity index (χ4v) is 3.19. The maximum Gasteiger partial charge on any atom is 0.254 e. The second-order valence-electron chi connectivity index (χ2n) is 4.50. The summed E-state index contributed by atoms with van der Waals surface area (Å²) in [6, 6.07) is 4.04. The van der Waals surface area contributed by atoms with Crippen LogP contribution in [0.4, 0.5) is 5.00 Å². The number of imide groups is 1. The SMILES string of the molecule is O=C1CC(=Cc2ccc(N3CCOCC3)s2)C(=O)N1. The average molecular weight is 278 g/mol. The van der Waals surface area contributed by atoms with Crippen LogP contribution < -0.4 is 10.2 Å². The average Bonchev–Trinajstić information content (AvgIpc) is 2.99. The minimum absolute atomic E-state index is 0.184. The molecule has 0 radical (unpaired) electrons. The van der Waals surface area contributed by atoms with E-state index < -0.39 is 0 Å². The number of nitrogens with zero attached hydrogens (tertiary/aromatic N) is 1. The lowest BCUT2D eigenvalue weighted by atomic mass is 10.2. The number of hydrogen-bond donors (Lipinski definition) is 1. The van der Waals surface area contributed by atoms with Crippen molar-refractivity contribution in [1.82, 2.24) is 5.32 Å². The van der Waals surface area contributed by atoms with Crippen LogP contribution in [0, 0.1) is 0 Å². The van der Waals surface area contributed by atoms with Crippen LogP contribution >= 0.6 is 11.3 Å². The molecule has 0 aromatic carbocycles. The van der Waals surface area contributed by atoms with E-state index in [0.29, 0.717) is 5.57 Å². The van der Waals surface area contributed by atoms with Gasteiger partial charge < -0.3 is 9.64 Å². The van der Waals surface area contributed by atoms with Gasteiger partial charge in [-0.2, -0.15) is 0 Å². The Morgan fingerprint density at radius 2 is 2.05 bits per heavy atom. The number of carbonyl (C=O) groups excluding carboxylic acids is 2. The predicted octanol–water partition coefficient (Wildman–Crippen LogP) is 1.01. The Morgan fingerprint density at radius 3 is 2.74 bits per heavy atom. The number of morpholine rings is 1. The molecule has 5 nitrogen and oxygen atoms in total. The highest BCUT2D eigenvalue weighted by molar-refractivity contribution is 7.16. The molecule has 0 spiro atoms. The molecular weight excluding hydrogens is 264 g/mol. The van der Waals surface area contributed by atoms with E-state index in [-0.39, 0.29) is 18.2 Å². The highest BCUT2D eigenvalue weighted by atomic mass is 32.1. The maximum atomic E-state index is 11.5. The largest absolute Gasteiger partial charge is 0.378 e. The number of anilines is 1. The summed E-state index contributed by atoms with van der Waals surface area (Å²) in [5.74, 6) is -0.493. The van der Waals surface area contributed by atoms with Crippen molar-refractivity contribution < 1.29 is 14.3 Å². The van der Waals surface area contributed by atoms with Crippen molar-refractivity contribution in [3.05, 3.63) is 22.6 Å². The molecule has 100 valence electrons. The Hall–Kier alpha value is -1.66. The predicted molar refractivity (Wildman–Crippen MR) is 73.1 cm³/mol.